The maximum Gasteiger partial charge on any atom is 0.319 e. The molecule has 88 valence electrons. The molecule has 0 aliphatic rings. The minimum absolute atomic E-state index is 0.211. The number of carbonyl (C=O) groups excluding carboxylic acids is 1. The molecule has 0 aliphatic heterocycles. The number of halogens is 1. The van der Waals surface area contributed by atoms with Crippen LogP contribution in [0, 0.1) is 0 Å². The second-order valence-electron chi connectivity index (χ2n) is 3.06. The Hall–Kier alpha value is -0.740. The number of hydrogen-bond acceptors (Lipinski definition) is 4. The maximum atomic E-state index is 11.6. The summed E-state index contributed by atoms with van der Waals surface area (Å²) in [4.78, 5) is 15.7. The Morgan fingerprint density at radius 1 is 1.62 bits per heavy atom. The molecule has 0 fully saturated rings. The van der Waals surface area contributed by atoms with Crippen molar-refractivity contribution in [3.63, 3.8) is 0 Å². The Labute approximate surface area is 105 Å². The average molecular weight is 260 g/mol. The van der Waals surface area contributed by atoms with Crippen LogP contribution in [0.5, 0.6) is 0 Å². The molecule has 0 saturated heterocycles. The number of thioether (sulfide) groups is 1. The zero-order valence-electron chi connectivity index (χ0n) is 9.27. The van der Waals surface area contributed by atoms with Crippen molar-refractivity contribution in [2.24, 2.45) is 0 Å². The summed E-state index contributed by atoms with van der Waals surface area (Å²) in [5.74, 6) is -0.211. The summed E-state index contributed by atoms with van der Waals surface area (Å²) >= 11 is 7.32. The fraction of sp³-hybridized carbons (Fsp3) is 0.455. The zero-order chi connectivity index (χ0) is 12.0. The van der Waals surface area contributed by atoms with E-state index in [2.05, 4.69) is 4.98 Å². The number of rotatable bonds is 5. The predicted octanol–water partition coefficient (Wildman–Crippen LogP) is 3.17. The zero-order valence-corrected chi connectivity index (χ0v) is 10.8. The molecular formula is C11H14ClNO2S. The molecule has 0 radical (unpaired) electrons. The van der Waals surface area contributed by atoms with Crippen LogP contribution in [0.1, 0.15) is 20.3 Å². The fourth-order valence-electron chi connectivity index (χ4n) is 1.13. The van der Waals surface area contributed by atoms with Crippen molar-refractivity contribution in [1.29, 1.82) is 0 Å². The third-order valence-corrected chi connectivity index (χ3v) is 3.67. The summed E-state index contributed by atoms with van der Waals surface area (Å²) in [5, 5.41) is 0.992. The summed E-state index contributed by atoms with van der Waals surface area (Å²) in [6.07, 6.45) is 2.35. The van der Waals surface area contributed by atoms with Gasteiger partial charge in [0.2, 0.25) is 0 Å². The Morgan fingerprint density at radius 2 is 2.38 bits per heavy atom. The third kappa shape index (κ3) is 3.68. The number of ether oxygens (including phenoxy) is 1. The van der Waals surface area contributed by atoms with Crippen molar-refractivity contribution < 1.29 is 9.53 Å². The van der Waals surface area contributed by atoms with E-state index in [4.69, 9.17) is 16.3 Å². The first kappa shape index (κ1) is 13.3. The Balaban J connectivity index is 2.70. The van der Waals surface area contributed by atoms with Gasteiger partial charge in [-0.3, -0.25) is 4.79 Å². The maximum absolute atomic E-state index is 11.6. The molecular weight excluding hydrogens is 246 g/mol. The lowest BCUT2D eigenvalue weighted by Crippen LogP contribution is -2.19. The molecule has 0 bridgehead atoms. The molecule has 0 amide bonds. The highest BCUT2D eigenvalue weighted by atomic mass is 35.5. The molecule has 16 heavy (non-hydrogen) atoms. The van der Waals surface area contributed by atoms with Gasteiger partial charge in [-0.05, 0) is 25.5 Å². The molecule has 1 rings (SSSR count). The van der Waals surface area contributed by atoms with Crippen LogP contribution in [0.15, 0.2) is 23.4 Å². The lowest BCUT2D eigenvalue weighted by Gasteiger charge is -2.12. The summed E-state index contributed by atoms with van der Waals surface area (Å²) < 4.78 is 4.98. The SMILES string of the molecule is CCOC(=O)C(CC)Sc1ncccc1Cl. The molecule has 1 aromatic heterocycles. The summed E-state index contributed by atoms with van der Waals surface area (Å²) in [6.45, 7) is 4.13. The number of aromatic nitrogens is 1. The first-order valence-electron chi connectivity index (χ1n) is 5.12. The van der Waals surface area contributed by atoms with Crippen molar-refractivity contribution in [1.82, 2.24) is 4.98 Å². The van der Waals surface area contributed by atoms with Crippen LogP contribution < -0.4 is 0 Å². The molecule has 0 N–H and O–H groups in total. The highest BCUT2D eigenvalue weighted by Gasteiger charge is 2.20. The van der Waals surface area contributed by atoms with E-state index in [0.29, 0.717) is 23.1 Å². The van der Waals surface area contributed by atoms with E-state index < -0.39 is 0 Å². The molecule has 0 saturated carbocycles. The first-order valence-corrected chi connectivity index (χ1v) is 6.38. The van der Waals surface area contributed by atoms with Crippen molar-refractivity contribution in [2.75, 3.05) is 6.61 Å². The van der Waals surface area contributed by atoms with Crippen LogP contribution in [0.4, 0.5) is 0 Å². The van der Waals surface area contributed by atoms with Crippen molar-refractivity contribution in [3.8, 4) is 0 Å². The second-order valence-corrected chi connectivity index (χ2v) is 4.66. The van der Waals surface area contributed by atoms with E-state index in [1.165, 1.54) is 11.8 Å². The van der Waals surface area contributed by atoms with Crippen LogP contribution >= 0.6 is 23.4 Å². The summed E-state index contributed by atoms with van der Waals surface area (Å²) in [6, 6.07) is 3.52. The van der Waals surface area contributed by atoms with Gasteiger partial charge in [0.25, 0.3) is 0 Å². The number of hydrogen-bond donors (Lipinski definition) is 0. The van der Waals surface area contributed by atoms with Crippen LogP contribution in [0.2, 0.25) is 5.02 Å². The monoisotopic (exact) mass is 259 g/mol. The third-order valence-electron chi connectivity index (χ3n) is 1.90. The summed E-state index contributed by atoms with van der Waals surface area (Å²) in [5.41, 5.74) is 0. The molecule has 5 heteroatoms. The van der Waals surface area contributed by atoms with Gasteiger partial charge in [0, 0.05) is 6.20 Å². The molecule has 1 heterocycles. The van der Waals surface area contributed by atoms with Crippen LogP contribution in [-0.4, -0.2) is 22.8 Å². The number of nitrogens with zero attached hydrogens (tertiary/aromatic N) is 1. The van der Waals surface area contributed by atoms with Gasteiger partial charge in [-0.2, -0.15) is 0 Å². The van der Waals surface area contributed by atoms with Gasteiger partial charge >= 0.3 is 5.97 Å². The number of carbonyl (C=O) groups is 1. The molecule has 0 spiro atoms. The Kier molecular flexibility index (Phi) is 5.63. The molecule has 1 unspecified atom stereocenters. The van der Waals surface area contributed by atoms with Gasteiger partial charge in [0.05, 0.1) is 11.6 Å². The largest absolute Gasteiger partial charge is 0.465 e. The minimum atomic E-state index is -0.243. The molecule has 0 aromatic carbocycles. The summed E-state index contributed by atoms with van der Waals surface area (Å²) in [7, 11) is 0. The van der Waals surface area contributed by atoms with Gasteiger partial charge in [0.15, 0.2) is 0 Å². The van der Waals surface area contributed by atoms with Gasteiger partial charge in [-0.25, -0.2) is 4.98 Å². The topological polar surface area (TPSA) is 39.2 Å². The predicted molar refractivity (Wildman–Crippen MR) is 65.8 cm³/mol. The van der Waals surface area contributed by atoms with E-state index in [9.17, 15) is 4.79 Å². The Bertz CT molecular complexity index is 360. The number of pyridine rings is 1. The molecule has 1 aromatic rings. The van der Waals surface area contributed by atoms with E-state index in [0.717, 1.165) is 0 Å². The van der Waals surface area contributed by atoms with Gasteiger partial charge < -0.3 is 4.74 Å². The van der Waals surface area contributed by atoms with Crippen molar-refractivity contribution in [3.05, 3.63) is 23.4 Å². The van der Waals surface area contributed by atoms with Crippen molar-refractivity contribution in [2.45, 2.75) is 30.5 Å². The normalized spacial score (nSPS) is 12.2. The smallest absolute Gasteiger partial charge is 0.319 e. The van der Waals surface area contributed by atoms with E-state index in [1.54, 1.807) is 25.3 Å². The number of esters is 1. The van der Waals surface area contributed by atoms with Gasteiger partial charge in [-0.1, -0.05) is 30.3 Å². The van der Waals surface area contributed by atoms with Crippen LogP contribution in [-0.2, 0) is 9.53 Å². The highest BCUT2D eigenvalue weighted by Crippen LogP contribution is 2.29. The lowest BCUT2D eigenvalue weighted by molar-refractivity contribution is -0.142. The van der Waals surface area contributed by atoms with Crippen LogP contribution in [0.25, 0.3) is 0 Å². The standard InChI is InChI=1S/C11H14ClNO2S/c1-3-9(11(14)15-4-2)16-10-8(12)6-5-7-13-10/h5-7,9H,3-4H2,1-2H3. The second kappa shape index (κ2) is 6.76. The highest BCUT2D eigenvalue weighted by molar-refractivity contribution is 8.00. The quantitative estimate of drug-likeness (QED) is 0.601. The molecule has 0 aliphatic carbocycles. The lowest BCUT2D eigenvalue weighted by atomic mass is 10.3. The van der Waals surface area contributed by atoms with E-state index in [-0.39, 0.29) is 11.2 Å². The van der Waals surface area contributed by atoms with Crippen molar-refractivity contribution >= 4 is 29.3 Å². The minimum Gasteiger partial charge on any atom is -0.465 e. The van der Waals surface area contributed by atoms with Gasteiger partial charge in [-0.15, -0.1) is 0 Å². The van der Waals surface area contributed by atoms with E-state index in [1.807, 2.05) is 6.92 Å². The Morgan fingerprint density at radius 3 is 2.94 bits per heavy atom. The average Bonchev–Trinajstić information content (AvgIpc) is 2.28. The molecule has 3 nitrogen and oxygen atoms in total. The fourth-order valence-corrected chi connectivity index (χ4v) is 2.28. The molecule has 1 atom stereocenters. The van der Waals surface area contributed by atoms with Crippen LogP contribution in [0.3, 0.4) is 0 Å². The first-order chi connectivity index (χ1) is 7.69. The van der Waals surface area contributed by atoms with E-state index >= 15 is 0 Å². The van der Waals surface area contributed by atoms with Gasteiger partial charge in [0.1, 0.15) is 10.3 Å².